The molecular formula is C11H25N3O3S. The SMILES string of the molecule is CC(C)NC(=O)CC(CN)N(C)CCS(C)(=O)=O. The van der Waals surface area contributed by atoms with E-state index >= 15 is 0 Å². The van der Waals surface area contributed by atoms with Crippen molar-refractivity contribution < 1.29 is 13.2 Å². The highest BCUT2D eigenvalue weighted by atomic mass is 32.2. The van der Waals surface area contributed by atoms with Crippen molar-refractivity contribution in [1.29, 1.82) is 0 Å². The predicted molar refractivity (Wildman–Crippen MR) is 73.1 cm³/mol. The monoisotopic (exact) mass is 279 g/mol. The second-order valence-corrected chi connectivity index (χ2v) is 7.19. The van der Waals surface area contributed by atoms with E-state index in [-0.39, 0.29) is 30.2 Å². The van der Waals surface area contributed by atoms with E-state index < -0.39 is 9.84 Å². The molecule has 0 spiro atoms. The van der Waals surface area contributed by atoms with Crippen LogP contribution in [0.5, 0.6) is 0 Å². The van der Waals surface area contributed by atoms with Crippen molar-refractivity contribution in [2.24, 2.45) is 5.73 Å². The minimum Gasteiger partial charge on any atom is -0.354 e. The van der Waals surface area contributed by atoms with Crippen LogP contribution in [0.3, 0.4) is 0 Å². The van der Waals surface area contributed by atoms with Gasteiger partial charge in [0.15, 0.2) is 0 Å². The molecule has 0 heterocycles. The average molecular weight is 279 g/mol. The summed E-state index contributed by atoms with van der Waals surface area (Å²) in [7, 11) is -1.21. The molecule has 0 aliphatic carbocycles. The lowest BCUT2D eigenvalue weighted by atomic mass is 10.1. The highest BCUT2D eigenvalue weighted by Crippen LogP contribution is 2.02. The molecule has 0 saturated heterocycles. The third-order valence-corrected chi connectivity index (χ3v) is 3.51. The third-order valence-electron chi connectivity index (χ3n) is 2.58. The van der Waals surface area contributed by atoms with Gasteiger partial charge in [-0.2, -0.15) is 0 Å². The standard InChI is InChI=1S/C11H25N3O3S/c1-9(2)13-11(15)7-10(8-12)14(3)5-6-18(4,16)17/h9-10H,5-8,12H2,1-4H3,(H,13,15). The van der Waals surface area contributed by atoms with Crippen molar-refractivity contribution in [3.8, 4) is 0 Å². The lowest BCUT2D eigenvalue weighted by Gasteiger charge is -2.26. The zero-order valence-corrected chi connectivity index (χ0v) is 12.5. The van der Waals surface area contributed by atoms with Crippen LogP contribution in [0.1, 0.15) is 20.3 Å². The van der Waals surface area contributed by atoms with Gasteiger partial charge in [0.2, 0.25) is 5.91 Å². The molecule has 0 rings (SSSR count). The van der Waals surface area contributed by atoms with E-state index in [2.05, 4.69) is 5.32 Å². The van der Waals surface area contributed by atoms with E-state index in [4.69, 9.17) is 5.73 Å². The summed E-state index contributed by atoms with van der Waals surface area (Å²) in [5, 5.41) is 2.80. The van der Waals surface area contributed by atoms with Crippen LogP contribution < -0.4 is 11.1 Å². The molecule has 3 N–H and O–H groups in total. The smallest absolute Gasteiger partial charge is 0.221 e. The Balaban J connectivity index is 4.27. The maximum atomic E-state index is 11.6. The summed E-state index contributed by atoms with van der Waals surface area (Å²) in [6, 6.07) is -0.0391. The van der Waals surface area contributed by atoms with Crippen molar-refractivity contribution >= 4 is 15.7 Å². The largest absolute Gasteiger partial charge is 0.354 e. The van der Waals surface area contributed by atoms with Gasteiger partial charge in [-0.1, -0.05) is 0 Å². The molecule has 0 radical (unpaired) electrons. The van der Waals surface area contributed by atoms with Crippen molar-refractivity contribution in [3.05, 3.63) is 0 Å². The van der Waals surface area contributed by atoms with Crippen molar-refractivity contribution in [3.63, 3.8) is 0 Å². The van der Waals surface area contributed by atoms with Gasteiger partial charge in [0.05, 0.1) is 5.75 Å². The number of likely N-dealkylation sites (N-methyl/N-ethyl adjacent to an activating group) is 1. The minimum absolute atomic E-state index is 0.0633. The van der Waals surface area contributed by atoms with Crippen LogP contribution in [0.2, 0.25) is 0 Å². The molecule has 0 bridgehead atoms. The average Bonchev–Trinajstić information content (AvgIpc) is 2.20. The van der Waals surface area contributed by atoms with Crippen molar-refractivity contribution in [2.45, 2.75) is 32.4 Å². The highest BCUT2D eigenvalue weighted by Gasteiger charge is 2.18. The first-order chi connectivity index (χ1) is 8.15. The molecule has 7 heteroatoms. The summed E-state index contributed by atoms with van der Waals surface area (Å²) >= 11 is 0. The molecule has 0 aliphatic heterocycles. The van der Waals surface area contributed by atoms with Gasteiger partial charge < -0.3 is 16.0 Å². The molecule has 0 aromatic heterocycles. The predicted octanol–water partition coefficient (Wildman–Crippen LogP) is -0.795. The first-order valence-corrected chi connectivity index (χ1v) is 8.09. The van der Waals surface area contributed by atoms with Crippen LogP contribution in [0.25, 0.3) is 0 Å². The van der Waals surface area contributed by atoms with E-state index in [1.54, 1.807) is 7.05 Å². The zero-order valence-electron chi connectivity index (χ0n) is 11.6. The van der Waals surface area contributed by atoms with E-state index in [0.29, 0.717) is 13.1 Å². The number of carbonyl (C=O) groups is 1. The number of rotatable bonds is 8. The van der Waals surface area contributed by atoms with Gasteiger partial charge in [-0.15, -0.1) is 0 Å². The molecule has 0 aromatic carbocycles. The summed E-state index contributed by atoms with van der Waals surface area (Å²) < 4.78 is 22.2. The van der Waals surface area contributed by atoms with E-state index in [1.807, 2.05) is 18.7 Å². The first kappa shape index (κ1) is 17.3. The van der Waals surface area contributed by atoms with Crippen LogP contribution >= 0.6 is 0 Å². The number of hydrogen-bond donors (Lipinski definition) is 2. The zero-order chi connectivity index (χ0) is 14.3. The first-order valence-electron chi connectivity index (χ1n) is 6.03. The topological polar surface area (TPSA) is 92.5 Å². The number of amides is 1. The number of nitrogens with two attached hydrogens (primary N) is 1. The molecular weight excluding hydrogens is 254 g/mol. The van der Waals surface area contributed by atoms with Gasteiger partial charge >= 0.3 is 0 Å². The van der Waals surface area contributed by atoms with Gasteiger partial charge in [-0.25, -0.2) is 8.42 Å². The Bertz CT molecular complexity index is 355. The molecule has 0 aliphatic rings. The molecule has 0 fully saturated rings. The number of nitrogens with zero attached hydrogens (tertiary/aromatic N) is 1. The van der Waals surface area contributed by atoms with Crippen molar-refractivity contribution in [2.75, 3.05) is 32.1 Å². The van der Waals surface area contributed by atoms with Crippen LogP contribution in [-0.4, -0.2) is 63.5 Å². The Morgan fingerprint density at radius 2 is 1.94 bits per heavy atom. The van der Waals surface area contributed by atoms with Gasteiger partial charge in [0.1, 0.15) is 9.84 Å². The van der Waals surface area contributed by atoms with Gasteiger partial charge in [0, 0.05) is 37.8 Å². The highest BCUT2D eigenvalue weighted by molar-refractivity contribution is 7.90. The van der Waals surface area contributed by atoms with Gasteiger partial charge in [-0.3, -0.25) is 4.79 Å². The second kappa shape index (κ2) is 7.70. The fourth-order valence-corrected chi connectivity index (χ4v) is 2.13. The minimum atomic E-state index is -2.99. The Kier molecular flexibility index (Phi) is 7.42. The molecule has 1 atom stereocenters. The molecule has 1 unspecified atom stereocenters. The van der Waals surface area contributed by atoms with E-state index in [1.165, 1.54) is 6.26 Å². The summed E-state index contributed by atoms with van der Waals surface area (Å²) in [5.74, 6) is 0.0119. The lowest BCUT2D eigenvalue weighted by Crippen LogP contribution is -2.44. The van der Waals surface area contributed by atoms with Gasteiger partial charge in [0.25, 0.3) is 0 Å². The molecule has 6 nitrogen and oxygen atoms in total. The normalized spacial score (nSPS) is 13.9. The Morgan fingerprint density at radius 1 is 1.39 bits per heavy atom. The third kappa shape index (κ3) is 8.43. The molecule has 18 heavy (non-hydrogen) atoms. The fraction of sp³-hybridized carbons (Fsp3) is 0.909. The number of carbonyl (C=O) groups excluding carboxylic acids is 1. The number of nitrogens with one attached hydrogen (secondary N) is 1. The fourth-order valence-electron chi connectivity index (χ4n) is 1.51. The Hall–Kier alpha value is -0.660. The molecule has 0 aromatic rings. The maximum Gasteiger partial charge on any atom is 0.221 e. The quantitative estimate of drug-likeness (QED) is 0.607. The van der Waals surface area contributed by atoms with Crippen LogP contribution in [0.4, 0.5) is 0 Å². The number of sulfone groups is 1. The summed E-state index contributed by atoms with van der Waals surface area (Å²) in [6.45, 7) is 4.49. The van der Waals surface area contributed by atoms with E-state index in [9.17, 15) is 13.2 Å². The summed E-state index contributed by atoms with van der Waals surface area (Å²) in [5.41, 5.74) is 5.62. The van der Waals surface area contributed by atoms with E-state index in [0.717, 1.165) is 0 Å². The van der Waals surface area contributed by atoms with Crippen molar-refractivity contribution in [1.82, 2.24) is 10.2 Å². The summed E-state index contributed by atoms with van der Waals surface area (Å²) in [6.07, 6.45) is 1.48. The molecule has 0 saturated carbocycles. The van der Waals surface area contributed by atoms with Crippen LogP contribution in [0.15, 0.2) is 0 Å². The lowest BCUT2D eigenvalue weighted by molar-refractivity contribution is -0.122. The summed E-state index contributed by atoms with van der Waals surface area (Å²) in [4.78, 5) is 13.4. The Labute approximate surface area is 110 Å². The second-order valence-electron chi connectivity index (χ2n) is 4.93. The van der Waals surface area contributed by atoms with Crippen LogP contribution in [-0.2, 0) is 14.6 Å². The maximum absolute atomic E-state index is 11.6. The molecule has 1 amide bonds. The Morgan fingerprint density at radius 3 is 2.33 bits per heavy atom. The molecule has 108 valence electrons. The van der Waals surface area contributed by atoms with Gasteiger partial charge in [-0.05, 0) is 20.9 Å². The van der Waals surface area contributed by atoms with Crippen LogP contribution in [0, 0.1) is 0 Å². The number of hydrogen-bond acceptors (Lipinski definition) is 5.